The second-order valence-electron chi connectivity index (χ2n) is 11.1. The van der Waals surface area contributed by atoms with Gasteiger partial charge in [-0.05, 0) is 85.2 Å². The lowest BCUT2D eigenvalue weighted by Crippen LogP contribution is -2.41. The minimum absolute atomic E-state index is 0.0888. The molecule has 0 spiro atoms. The molecule has 0 radical (unpaired) electrons. The van der Waals surface area contributed by atoms with E-state index in [1.807, 2.05) is 27.7 Å². The van der Waals surface area contributed by atoms with Gasteiger partial charge in [-0.1, -0.05) is 12.1 Å². The first kappa shape index (κ1) is 26.5. The highest BCUT2D eigenvalue weighted by Crippen LogP contribution is 2.43. The Labute approximate surface area is 202 Å². The molecule has 2 fully saturated rings. The van der Waals surface area contributed by atoms with Crippen LogP contribution in [0.25, 0.3) is 0 Å². The molecule has 1 aliphatic carbocycles. The van der Waals surface area contributed by atoms with Gasteiger partial charge in [-0.25, -0.2) is 9.18 Å². The number of hydrogen-bond acceptors (Lipinski definition) is 6. The second kappa shape index (κ2) is 9.49. The predicted octanol–water partition coefficient (Wildman–Crippen LogP) is 4.52. The Morgan fingerprint density at radius 2 is 1.76 bits per heavy atom. The first-order chi connectivity index (χ1) is 15.6. The maximum absolute atomic E-state index is 15.8. The monoisotopic (exact) mass is 477 g/mol. The molecule has 3 rings (SSSR count). The van der Waals surface area contributed by atoms with E-state index in [2.05, 4.69) is 5.32 Å². The molecule has 1 saturated carbocycles. The number of nitrogens with one attached hydrogen (secondary N) is 1. The summed E-state index contributed by atoms with van der Waals surface area (Å²) >= 11 is 0. The summed E-state index contributed by atoms with van der Waals surface area (Å²) in [4.78, 5) is 24.9. The minimum atomic E-state index is -0.978. The van der Waals surface area contributed by atoms with E-state index >= 15 is 4.39 Å². The Kier molecular flexibility index (Phi) is 7.39. The molecule has 1 saturated heterocycles. The Hall–Kier alpha value is -2.13. The lowest BCUT2D eigenvalue weighted by Gasteiger charge is -2.32. The highest BCUT2D eigenvalue weighted by Gasteiger charge is 2.52. The molecule has 1 atom stereocenters. The number of halogens is 1. The maximum atomic E-state index is 15.8. The fraction of sp³-hybridized carbons (Fsp3) is 0.680. The van der Waals surface area contributed by atoms with Crippen LogP contribution >= 0.6 is 0 Å². The zero-order chi connectivity index (χ0) is 25.5. The number of benzene rings is 1. The maximum Gasteiger partial charge on any atom is 0.494 e. The fourth-order valence-electron chi connectivity index (χ4n) is 3.83. The van der Waals surface area contributed by atoms with Gasteiger partial charge >= 0.3 is 19.2 Å². The lowest BCUT2D eigenvalue weighted by molar-refractivity contribution is -0.143. The normalized spacial score (nSPS) is 20.1. The molecule has 0 unspecified atom stereocenters. The van der Waals surface area contributed by atoms with E-state index < -0.39 is 47.8 Å². The third kappa shape index (κ3) is 6.11. The van der Waals surface area contributed by atoms with Gasteiger partial charge in [-0.2, -0.15) is 0 Å². The molecule has 1 amide bonds. The van der Waals surface area contributed by atoms with E-state index in [-0.39, 0.29) is 24.5 Å². The number of ether oxygens (including phenoxy) is 2. The highest BCUT2D eigenvalue weighted by molar-refractivity contribution is 6.62. The summed E-state index contributed by atoms with van der Waals surface area (Å²) < 4.78 is 38.6. The quantitative estimate of drug-likeness (QED) is 0.459. The number of amides is 1. The number of carbonyl (C=O) groups excluding carboxylic acids is 2. The van der Waals surface area contributed by atoms with E-state index in [0.29, 0.717) is 11.0 Å². The number of rotatable bonds is 7. The van der Waals surface area contributed by atoms with Crippen molar-refractivity contribution in [1.82, 2.24) is 5.32 Å². The minimum Gasteiger partial charge on any atom is -0.466 e. The lowest BCUT2D eigenvalue weighted by atomic mass is 9.76. The number of hydrogen-bond donors (Lipinski definition) is 1. The van der Waals surface area contributed by atoms with Gasteiger partial charge in [0.2, 0.25) is 0 Å². The van der Waals surface area contributed by atoms with Crippen LogP contribution in [0.3, 0.4) is 0 Å². The zero-order valence-corrected chi connectivity index (χ0v) is 21.5. The molecule has 188 valence electrons. The summed E-state index contributed by atoms with van der Waals surface area (Å²) in [6.07, 6.45) is 0.785. The van der Waals surface area contributed by atoms with Crippen LogP contribution in [0.4, 0.5) is 9.18 Å². The van der Waals surface area contributed by atoms with Crippen LogP contribution in [-0.4, -0.2) is 42.6 Å². The average molecular weight is 477 g/mol. The van der Waals surface area contributed by atoms with Crippen LogP contribution in [0.2, 0.25) is 0 Å². The highest BCUT2D eigenvalue weighted by atomic mass is 19.1. The Balaban J connectivity index is 2.01. The van der Waals surface area contributed by atoms with Crippen LogP contribution in [0.15, 0.2) is 12.1 Å². The molecule has 34 heavy (non-hydrogen) atoms. The fourth-order valence-corrected chi connectivity index (χ4v) is 3.83. The van der Waals surface area contributed by atoms with Crippen molar-refractivity contribution in [2.75, 3.05) is 6.61 Å². The average Bonchev–Trinajstić information content (AvgIpc) is 3.47. The first-order valence-corrected chi connectivity index (χ1v) is 12.0. The molecule has 1 aromatic rings. The van der Waals surface area contributed by atoms with E-state index in [9.17, 15) is 9.59 Å². The van der Waals surface area contributed by atoms with Gasteiger partial charge in [0.1, 0.15) is 11.4 Å². The summed E-state index contributed by atoms with van der Waals surface area (Å²) in [5, 5.41) is 2.67. The molecule has 1 aromatic carbocycles. The third-order valence-corrected chi connectivity index (χ3v) is 6.44. The van der Waals surface area contributed by atoms with Crippen molar-refractivity contribution in [3.63, 3.8) is 0 Å². The van der Waals surface area contributed by atoms with E-state index in [1.165, 1.54) is 0 Å². The summed E-state index contributed by atoms with van der Waals surface area (Å²) in [5.41, 5.74) is -0.497. The van der Waals surface area contributed by atoms with Crippen LogP contribution in [0, 0.1) is 5.82 Å². The standard InChI is InChI=1S/C25H37BFNO6/c1-9-31-20(29)14-19(28-22(30)32-23(2,3)4)18-13-16(12-17(21(18)27)15-10-11-15)26-33-24(5,6)25(7,8)34-26/h12-13,15,19H,9-11,14H2,1-8H3,(H,28,30)/t19-/m0/s1. The van der Waals surface area contributed by atoms with Gasteiger partial charge in [-0.3, -0.25) is 4.79 Å². The molecule has 1 aliphatic heterocycles. The Morgan fingerprint density at radius 1 is 1.18 bits per heavy atom. The largest absolute Gasteiger partial charge is 0.494 e. The van der Waals surface area contributed by atoms with Crippen molar-refractivity contribution < 1.29 is 32.8 Å². The first-order valence-electron chi connectivity index (χ1n) is 12.0. The third-order valence-electron chi connectivity index (χ3n) is 6.44. The van der Waals surface area contributed by atoms with Crippen molar-refractivity contribution in [2.24, 2.45) is 0 Å². The summed E-state index contributed by atoms with van der Waals surface area (Å²) in [6, 6.07) is 2.42. The molecule has 9 heteroatoms. The predicted molar refractivity (Wildman–Crippen MR) is 127 cm³/mol. The summed E-state index contributed by atoms with van der Waals surface area (Å²) in [5.74, 6) is -0.893. The van der Waals surface area contributed by atoms with E-state index in [0.717, 1.165) is 12.8 Å². The van der Waals surface area contributed by atoms with Gasteiger partial charge in [0, 0.05) is 5.56 Å². The molecule has 0 aromatic heterocycles. The molecule has 7 nitrogen and oxygen atoms in total. The van der Waals surface area contributed by atoms with Crippen molar-refractivity contribution in [3.8, 4) is 0 Å². The molecule has 1 heterocycles. The topological polar surface area (TPSA) is 83.1 Å². The number of carbonyl (C=O) groups is 2. The van der Waals surface area contributed by atoms with Crippen LogP contribution in [0.1, 0.15) is 97.7 Å². The van der Waals surface area contributed by atoms with Crippen molar-refractivity contribution >= 4 is 24.6 Å². The van der Waals surface area contributed by atoms with E-state index in [1.54, 1.807) is 39.8 Å². The molecule has 2 aliphatic rings. The SMILES string of the molecule is CCOC(=O)C[C@H](NC(=O)OC(C)(C)C)c1cc(B2OC(C)(C)C(C)(C)O2)cc(C2CC2)c1F. The van der Waals surface area contributed by atoms with Gasteiger partial charge < -0.3 is 24.1 Å². The molecular formula is C25H37BFNO6. The number of alkyl carbamates (subject to hydrolysis) is 1. The molecule has 1 N–H and O–H groups in total. The number of esters is 1. The van der Waals surface area contributed by atoms with Crippen LogP contribution < -0.4 is 10.8 Å². The molecular weight excluding hydrogens is 440 g/mol. The van der Waals surface area contributed by atoms with Crippen LogP contribution in [-0.2, 0) is 23.6 Å². The zero-order valence-electron chi connectivity index (χ0n) is 21.5. The van der Waals surface area contributed by atoms with Gasteiger partial charge in [-0.15, -0.1) is 0 Å². The summed E-state index contributed by atoms with van der Waals surface area (Å²) in [7, 11) is -0.702. The van der Waals surface area contributed by atoms with Crippen molar-refractivity contribution in [3.05, 3.63) is 29.1 Å². The van der Waals surface area contributed by atoms with Crippen molar-refractivity contribution in [2.45, 2.75) is 103 Å². The van der Waals surface area contributed by atoms with Crippen molar-refractivity contribution in [1.29, 1.82) is 0 Å². The second-order valence-corrected chi connectivity index (χ2v) is 11.1. The van der Waals surface area contributed by atoms with Gasteiger partial charge in [0.25, 0.3) is 0 Å². The smallest absolute Gasteiger partial charge is 0.466 e. The Morgan fingerprint density at radius 3 is 2.26 bits per heavy atom. The van der Waals surface area contributed by atoms with Gasteiger partial charge in [0.05, 0.1) is 30.3 Å². The van der Waals surface area contributed by atoms with Gasteiger partial charge in [0.15, 0.2) is 0 Å². The van der Waals surface area contributed by atoms with Crippen LogP contribution in [0.5, 0.6) is 0 Å². The molecule has 0 bridgehead atoms. The Bertz CT molecular complexity index is 922. The summed E-state index contributed by atoms with van der Waals surface area (Å²) in [6.45, 7) is 14.9. The van der Waals surface area contributed by atoms with E-state index in [4.69, 9.17) is 18.8 Å².